The third-order valence-electron chi connectivity index (χ3n) is 4.93. The van der Waals surface area contributed by atoms with Crippen molar-refractivity contribution in [3.63, 3.8) is 0 Å². The topological polar surface area (TPSA) is 34.1 Å². The fourth-order valence-electron chi connectivity index (χ4n) is 3.49. The molecule has 0 aliphatic heterocycles. The van der Waals surface area contributed by atoms with Gasteiger partial charge in [-0.2, -0.15) is 0 Å². The highest BCUT2D eigenvalue weighted by atomic mass is 16.2. The van der Waals surface area contributed by atoms with Gasteiger partial charge < -0.3 is 0 Å². The van der Waals surface area contributed by atoms with Crippen LogP contribution in [0.4, 0.5) is 0 Å². The number of fused-ring (bicyclic) bond motifs is 1. The predicted octanol–water partition coefficient (Wildman–Crippen LogP) is 4.31. The summed E-state index contributed by atoms with van der Waals surface area (Å²) in [5.74, 6) is 1.35. The lowest BCUT2D eigenvalue weighted by Gasteiger charge is -2.09. The number of Topliss-reactive ketones (excluding diaryl/α,β-unsaturated/α-hetero) is 2. The van der Waals surface area contributed by atoms with Crippen LogP contribution in [0.5, 0.6) is 0 Å². The van der Waals surface area contributed by atoms with Gasteiger partial charge in [-0.15, -0.1) is 0 Å². The van der Waals surface area contributed by atoms with Crippen LogP contribution in [0.2, 0.25) is 0 Å². The Bertz CT molecular complexity index is 321. The van der Waals surface area contributed by atoms with Crippen LogP contribution >= 0.6 is 0 Å². The summed E-state index contributed by atoms with van der Waals surface area (Å²) in [5.41, 5.74) is 0. The van der Waals surface area contributed by atoms with Crippen LogP contribution in [-0.4, -0.2) is 11.6 Å². The van der Waals surface area contributed by atoms with Gasteiger partial charge in [0.15, 0.2) is 5.78 Å². The SMILES string of the molecule is CC1CC2CC2CCCCCCCCCC(=O)C1=O. The molecule has 19 heavy (non-hydrogen) atoms. The summed E-state index contributed by atoms with van der Waals surface area (Å²) in [6, 6.07) is 0. The van der Waals surface area contributed by atoms with Crippen LogP contribution in [0, 0.1) is 17.8 Å². The number of hydrogen-bond acceptors (Lipinski definition) is 2. The minimum atomic E-state index is -0.112. The Kier molecular flexibility index (Phi) is 5.59. The smallest absolute Gasteiger partial charge is 0.201 e. The summed E-state index contributed by atoms with van der Waals surface area (Å²) < 4.78 is 0. The highest BCUT2D eigenvalue weighted by Gasteiger charge is 2.38. The first-order valence-corrected chi connectivity index (χ1v) is 8.25. The molecule has 2 saturated carbocycles. The van der Waals surface area contributed by atoms with E-state index in [9.17, 15) is 9.59 Å². The number of hydrogen-bond donors (Lipinski definition) is 0. The van der Waals surface area contributed by atoms with Crippen molar-refractivity contribution in [2.24, 2.45) is 17.8 Å². The molecular formula is C17H28O2. The zero-order chi connectivity index (χ0) is 13.7. The molecule has 2 aliphatic rings. The molecule has 0 heterocycles. The normalized spacial score (nSPS) is 35.1. The van der Waals surface area contributed by atoms with Gasteiger partial charge in [-0.25, -0.2) is 0 Å². The quantitative estimate of drug-likeness (QED) is 0.611. The first kappa shape index (κ1) is 14.7. The Morgan fingerprint density at radius 3 is 2.16 bits per heavy atom. The number of carbonyl (C=O) groups is 2. The van der Waals surface area contributed by atoms with Crippen LogP contribution < -0.4 is 0 Å². The minimum Gasteiger partial charge on any atom is -0.291 e. The molecule has 3 unspecified atom stereocenters. The molecule has 0 saturated heterocycles. The molecule has 2 rings (SSSR count). The van der Waals surface area contributed by atoms with Crippen LogP contribution in [0.3, 0.4) is 0 Å². The Balaban J connectivity index is 1.84. The van der Waals surface area contributed by atoms with E-state index < -0.39 is 0 Å². The fourth-order valence-corrected chi connectivity index (χ4v) is 3.49. The average Bonchev–Trinajstić information content (AvgIpc) is 3.12. The van der Waals surface area contributed by atoms with Gasteiger partial charge in [-0.05, 0) is 31.1 Å². The molecule has 0 radical (unpaired) electrons. The average molecular weight is 264 g/mol. The lowest BCUT2D eigenvalue weighted by Crippen LogP contribution is -2.22. The first-order valence-electron chi connectivity index (χ1n) is 8.25. The van der Waals surface area contributed by atoms with Gasteiger partial charge in [0, 0.05) is 12.3 Å². The van der Waals surface area contributed by atoms with Crippen molar-refractivity contribution in [2.75, 3.05) is 0 Å². The Morgan fingerprint density at radius 1 is 0.789 bits per heavy atom. The van der Waals surface area contributed by atoms with Crippen molar-refractivity contribution in [1.29, 1.82) is 0 Å². The van der Waals surface area contributed by atoms with Gasteiger partial charge in [-0.3, -0.25) is 9.59 Å². The molecule has 3 atom stereocenters. The molecule has 2 fully saturated rings. The van der Waals surface area contributed by atoms with Crippen molar-refractivity contribution in [1.82, 2.24) is 0 Å². The lowest BCUT2D eigenvalue weighted by atomic mass is 9.93. The third kappa shape index (κ3) is 4.74. The molecular weight excluding hydrogens is 236 g/mol. The van der Waals surface area contributed by atoms with Crippen LogP contribution in [0.15, 0.2) is 0 Å². The van der Waals surface area contributed by atoms with Crippen molar-refractivity contribution in [2.45, 2.75) is 77.6 Å². The molecule has 2 aliphatic carbocycles. The molecule has 0 N–H and O–H groups in total. The minimum absolute atomic E-state index is 0.0346. The van der Waals surface area contributed by atoms with E-state index in [1.165, 1.54) is 44.9 Å². The molecule has 2 heteroatoms. The lowest BCUT2D eigenvalue weighted by molar-refractivity contribution is -0.139. The summed E-state index contributed by atoms with van der Waals surface area (Å²) in [4.78, 5) is 23.8. The molecule has 2 nitrogen and oxygen atoms in total. The van der Waals surface area contributed by atoms with E-state index >= 15 is 0 Å². The first-order chi connectivity index (χ1) is 9.18. The van der Waals surface area contributed by atoms with Crippen LogP contribution in [-0.2, 0) is 9.59 Å². The predicted molar refractivity (Wildman–Crippen MR) is 76.9 cm³/mol. The highest BCUT2D eigenvalue weighted by molar-refractivity contribution is 6.37. The molecule has 0 amide bonds. The van der Waals surface area contributed by atoms with E-state index in [4.69, 9.17) is 0 Å². The van der Waals surface area contributed by atoms with Gasteiger partial charge in [0.25, 0.3) is 0 Å². The summed E-state index contributed by atoms with van der Waals surface area (Å²) in [7, 11) is 0. The standard InChI is InChI=1S/C17H28O2/c1-13-11-15-12-14(15)9-7-5-3-2-4-6-8-10-16(18)17(13)19/h13-15H,2-12H2,1H3. The van der Waals surface area contributed by atoms with Gasteiger partial charge in [0.1, 0.15) is 0 Å². The zero-order valence-electron chi connectivity index (χ0n) is 12.3. The molecule has 0 aromatic rings. The maximum absolute atomic E-state index is 12.0. The third-order valence-corrected chi connectivity index (χ3v) is 4.93. The van der Waals surface area contributed by atoms with E-state index in [0.717, 1.165) is 31.1 Å². The summed E-state index contributed by atoms with van der Waals surface area (Å²) in [5, 5.41) is 0. The zero-order valence-corrected chi connectivity index (χ0v) is 12.3. The van der Waals surface area contributed by atoms with Crippen molar-refractivity contribution >= 4 is 11.6 Å². The van der Waals surface area contributed by atoms with Gasteiger partial charge in [0.05, 0.1) is 0 Å². The monoisotopic (exact) mass is 264 g/mol. The Labute approximate surface area is 117 Å². The van der Waals surface area contributed by atoms with E-state index in [-0.39, 0.29) is 17.5 Å². The van der Waals surface area contributed by atoms with Gasteiger partial charge >= 0.3 is 0 Å². The Hall–Kier alpha value is -0.660. The summed E-state index contributed by atoms with van der Waals surface area (Å²) >= 11 is 0. The second-order valence-corrected chi connectivity index (χ2v) is 6.69. The molecule has 0 bridgehead atoms. The molecule has 108 valence electrons. The molecule has 0 aromatic heterocycles. The second-order valence-electron chi connectivity index (χ2n) is 6.69. The van der Waals surface area contributed by atoms with E-state index in [0.29, 0.717) is 6.42 Å². The van der Waals surface area contributed by atoms with Gasteiger partial charge in [0.2, 0.25) is 5.78 Å². The van der Waals surface area contributed by atoms with E-state index in [1.807, 2.05) is 6.92 Å². The largest absolute Gasteiger partial charge is 0.291 e. The van der Waals surface area contributed by atoms with Crippen LogP contribution in [0.25, 0.3) is 0 Å². The maximum atomic E-state index is 12.0. The fraction of sp³-hybridized carbons (Fsp3) is 0.882. The molecule has 0 spiro atoms. The Morgan fingerprint density at radius 2 is 1.42 bits per heavy atom. The number of ketones is 2. The number of carbonyl (C=O) groups excluding carboxylic acids is 2. The van der Waals surface area contributed by atoms with Crippen molar-refractivity contribution < 1.29 is 9.59 Å². The van der Waals surface area contributed by atoms with Crippen molar-refractivity contribution in [3.05, 3.63) is 0 Å². The van der Waals surface area contributed by atoms with Crippen LogP contribution in [0.1, 0.15) is 77.6 Å². The van der Waals surface area contributed by atoms with E-state index in [1.54, 1.807) is 0 Å². The maximum Gasteiger partial charge on any atom is 0.201 e. The molecule has 0 aromatic carbocycles. The highest BCUT2D eigenvalue weighted by Crippen LogP contribution is 2.46. The number of rotatable bonds is 0. The second kappa shape index (κ2) is 7.21. The van der Waals surface area contributed by atoms with Crippen molar-refractivity contribution in [3.8, 4) is 0 Å². The van der Waals surface area contributed by atoms with Gasteiger partial charge in [-0.1, -0.05) is 51.9 Å². The summed E-state index contributed by atoms with van der Waals surface area (Å²) in [6.07, 6.45) is 12.7. The van der Waals surface area contributed by atoms with E-state index in [2.05, 4.69) is 0 Å². The summed E-state index contributed by atoms with van der Waals surface area (Å²) in [6.45, 7) is 1.95.